The molecule has 0 saturated carbocycles. The van der Waals surface area contributed by atoms with Gasteiger partial charge in [0.2, 0.25) is 5.91 Å². The maximum atomic E-state index is 11.2. The topological polar surface area (TPSA) is 40.5 Å². The molecule has 1 fully saturated rings. The van der Waals surface area contributed by atoms with E-state index in [0.29, 0.717) is 6.42 Å². The third kappa shape index (κ3) is 1.93. The third-order valence-electron chi connectivity index (χ3n) is 2.16. The molecule has 1 aliphatic rings. The fourth-order valence-electron chi connectivity index (χ4n) is 1.39. The Bertz CT molecular complexity index is 147. The minimum Gasteiger partial charge on any atom is -0.394 e. The van der Waals surface area contributed by atoms with Crippen LogP contribution in [0.5, 0.6) is 0 Å². The number of rotatable bonds is 2. The van der Waals surface area contributed by atoms with Crippen molar-refractivity contribution in [1.29, 1.82) is 0 Å². The number of aliphatic hydroxyl groups is 1. The van der Waals surface area contributed by atoms with Crippen molar-refractivity contribution in [2.75, 3.05) is 13.2 Å². The van der Waals surface area contributed by atoms with Crippen LogP contribution in [0, 0.1) is 0 Å². The Hall–Kier alpha value is -0.570. The van der Waals surface area contributed by atoms with E-state index < -0.39 is 0 Å². The van der Waals surface area contributed by atoms with Crippen LogP contribution >= 0.6 is 0 Å². The quantitative estimate of drug-likeness (QED) is 0.629. The molecule has 1 atom stereocenters. The number of aliphatic hydroxyl groups excluding tert-OH is 1. The lowest BCUT2D eigenvalue weighted by atomic mass is 10.1. The molecule has 1 amide bonds. The van der Waals surface area contributed by atoms with Crippen LogP contribution in [-0.4, -0.2) is 35.1 Å². The second-order valence-electron chi connectivity index (χ2n) is 3.08. The number of carbonyl (C=O) groups excluding carboxylic acids is 1. The highest BCUT2D eigenvalue weighted by atomic mass is 16.3. The van der Waals surface area contributed by atoms with Crippen LogP contribution in [0.3, 0.4) is 0 Å². The zero-order valence-corrected chi connectivity index (χ0v) is 6.92. The van der Waals surface area contributed by atoms with Gasteiger partial charge in [-0.25, -0.2) is 0 Å². The van der Waals surface area contributed by atoms with Crippen LogP contribution in [0.15, 0.2) is 0 Å². The number of nitrogens with zero attached hydrogens (tertiary/aromatic N) is 1. The number of hydrogen-bond acceptors (Lipinski definition) is 2. The van der Waals surface area contributed by atoms with E-state index in [0.717, 1.165) is 19.4 Å². The summed E-state index contributed by atoms with van der Waals surface area (Å²) in [6, 6.07) is 0.00259. The van der Waals surface area contributed by atoms with Crippen molar-refractivity contribution in [2.24, 2.45) is 0 Å². The highest BCUT2D eigenvalue weighted by molar-refractivity contribution is 5.77. The molecule has 1 saturated heterocycles. The largest absolute Gasteiger partial charge is 0.394 e. The Morgan fingerprint density at radius 2 is 2.36 bits per heavy atom. The normalized spacial score (nSPS) is 22.0. The minimum absolute atomic E-state index is 0.00259. The Morgan fingerprint density at radius 3 is 2.91 bits per heavy atom. The molecule has 1 rings (SSSR count). The first kappa shape index (κ1) is 8.53. The van der Waals surface area contributed by atoms with Gasteiger partial charge in [-0.1, -0.05) is 0 Å². The summed E-state index contributed by atoms with van der Waals surface area (Å²) < 4.78 is 0. The molecular formula is C8H15NO2. The van der Waals surface area contributed by atoms with E-state index in [1.807, 2.05) is 6.92 Å². The van der Waals surface area contributed by atoms with Gasteiger partial charge in [-0.05, 0) is 19.8 Å². The second kappa shape index (κ2) is 3.72. The molecule has 0 spiro atoms. The van der Waals surface area contributed by atoms with Gasteiger partial charge in [0.15, 0.2) is 0 Å². The fraction of sp³-hybridized carbons (Fsp3) is 0.875. The lowest BCUT2D eigenvalue weighted by Crippen LogP contribution is -2.43. The van der Waals surface area contributed by atoms with Crippen LogP contribution in [-0.2, 0) is 4.79 Å². The van der Waals surface area contributed by atoms with Gasteiger partial charge in [0.25, 0.3) is 0 Å². The van der Waals surface area contributed by atoms with Crippen LogP contribution in [0.2, 0.25) is 0 Å². The monoisotopic (exact) mass is 157 g/mol. The Labute approximate surface area is 67.0 Å². The van der Waals surface area contributed by atoms with Crippen molar-refractivity contribution < 1.29 is 9.90 Å². The van der Waals surface area contributed by atoms with Crippen molar-refractivity contribution in [1.82, 2.24) is 4.90 Å². The maximum absolute atomic E-state index is 11.2. The van der Waals surface area contributed by atoms with Crippen molar-refractivity contribution in [3.63, 3.8) is 0 Å². The summed E-state index contributed by atoms with van der Waals surface area (Å²) in [5.74, 6) is 0.192. The number of likely N-dealkylation sites (tertiary alicyclic amines) is 1. The van der Waals surface area contributed by atoms with Crippen LogP contribution in [0.4, 0.5) is 0 Å². The SMILES string of the molecule is CC(CO)N1CCCCC1=O. The maximum Gasteiger partial charge on any atom is 0.222 e. The molecule has 1 unspecified atom stereocenters. The Morgan fingerprint density at radius 1 is 1.64 bits per heavy atom. The van der Waals surface area contributed by atoms with Gasteiger partial charge in [-0.2, -0.15) is 0 Å². The number of piperidine rings is 1. The standard InChI is InChI=1S/C8H15NO2/c1-7(6-10)9-5-3-2-4-8(9)11/h7,10H,2-6H2,1H3. The summed E-state index contributed by atoms with van der Waals surface area (Å²) in [6.07, 6.45) is 2.74. The Kier molecular flexibility index (Phi) is 2.88. The van der Waals surface area contributed by atoms with Gasteiger partial charge in [-0.15, -0.1) is 0 Å². The van der Waals surface area contributed by atoms with Gasteiger partial charge in [0, 0.05) is 13.0 Å². The highest BCUT2D eigenvalue weighted by Crippen LogP contribution is 2.12. The molecule has 1 N–H and O–H groups in total. The van der Waals surface area contributed by atoms with Crippen LogP contribution in [0.1, 0.15) is 26.2 Å². The average Bonchev–Trinajstić information content (AvgIpc) is 2.04. The molecule has 0 radical (unpaired) electrons. The lowest BCUT2D eigenvalue weighted by molar-refractivity contribution is -0.136. The molecular weight excluding hydrogens is 142 g/mol. The van der Waals surface area contributed by atoms with E-state index in [2.05, 4.69) is 0 Å². The van der Waals surface area contributed by atoms with E-state index in [1.165, 1.54) is 0 Å². The number of carbonyl (C=O) groups is 1. The first-order valence-electron chi connectivity index (χ1n) is 4.16. The van der Waals surface area contributed by atoms with E-state index in [-0.39, 0.29) is 18.6 Å². The van der Waals surface area contributed by atoms with E-state index in [1.54, 1.807) is 4.90 Å². The first-order valence-corrected chi connectivity index (χ1v) is 4.16. The smallest absolute Gasteiger partial charge is 0.222 e. The average molecular weight is 157 g/mol. The van der Waals surface area contributed by atoms with Crippen molar-refractivity contribution in [3.8, 4) is 0 Å². The predicted molar refractivity (Wildman–Crippen MR) is 42.1 cm³/mol. The summed E-state index contributed by atoms with van der Waals surface area (Å²) in [5, 5.41) is 8.81. The summed E-state index contributed by atoms with van der Waals surface area (Å²) >= 11 is 0. The summed E-state index contributed by atoms with van der Waals surface area (Å²) in [4.78, 5) is 13.0. The zero-order valence-electron chi connectivity index (χ0n) is 6.92. The van der Waals surface area contributed by atoms with Crippen molar-refractivity contribution in [3.05, 3.63) is 0 Å². The molecule has 1 heterocycles. The zero-order chi connectivity index (χ0) is 8.27. The van der Waals surface area contributed by atoms with E-state index in [4.69, 9.17) is 5.11 Å². The minimum atomic E-state index is 0.00259. The number of hydrogen-bond donors (Lipinski definition) is 1. The lowest BCUT2D eigenvalue weighted by Gasteiger charge is -2.31. The van der Waals surface area contributed by atoms with E-state index >= 15 is 0 Å². The molecule has 3 heteroatoms. The van der Waals surface area contributed by atoms with Crippen LogP contribution < -0.4 is 0 Å². The van der Waals surface area contributed by atoms with Crippen molar-refractivity contribution >= 4 is 5.91 Å². The molecule has 64 valence electrons. The van der Waals surface area contributed by atoms with Gasteiger partial charge in [0.05, 0.1) is 12.6 Å². The summed E-state index contributed by atoms with van der Waals surface area (Å²) in [7, 11) is 0. The molecule has 0 aromatic carbocycles. The first-order chi connectivity index (χ1) is 5.25. The molecule has 0 bridgehead atoms. The molecule has 11 heavy (non-hydrogen) atoms. The van der Waals surface area contributed by atoms with Gasteiger partial charge < -0.3 is 10.0 Å². The van der Waals surface area contributed by atoms with Crippen LogP contribution in [0.25, 0.3) is 0 Å². The summed E-state index contributed by atoms with van der Waals surface area (Å²) in [6.45, 7) is 2.77. The fourth-order valence-corrected chi connectivity index (χ4v) is 1.39. The van der Waals surface area contributed by atoms with Gasteiger partial charge in [-0.3, -0.25) is 4.79 Å². The van der Waals surface area contributed by atoms with Crippen molar-refractivity contribution in [2.45, 2.75) is 32.2 Å². The second-order valence-corrected chi connectivity index (χ2v) is 3.08. The van der Waals surface area contributed by atoms with Gasteiger partial charge >= 0.3 is 0 Å². The third-order valence-corrected chi connectivity index (χ3v) is 2.16. The van der Waals surface area contributed by atoms with E-state index in [9.17, 15) is 4.79 Å². The summed E-state index contributed by atoms with van der Waals surface area (Å²) in [5.41, 5.74) is 0. The molecule has 1 aliphatic heterocycles. The number of amides is 1. The predicted octanol–water partition coefficient (Wildman–Crippen LogP) is 0.380. The van der Waals surface area contributed by atoms with Gasteiger partial charge in [0.1, 0.15) is 0 Å². The molecule has 0 aromatic heterocycles. The molecule has 3 nitrogen and oxygen atoms in total. The molecule has 0 aromatic rings. The Balaban J connectivity index is 2.47. The highest BCUT2D eigenvalue weighted by Gasteiger charge is 2.21. The molecule has 0 aliphatic carbocycles.